The summed E-state index contributed by atoms with van der Waals surface area (Å²) in [5.41, 5.74) is 7.13. The molecule has 8 heteroatoms. The van der Waals surface area contributed by atoms with Crippen LogP contribution in [0.1, 0.15) is 92.0 Å². The number of benzene rings is 2. The van der Waals surface area contributed by atoms with Gasteiger partial charge in [0.2, 0.25) is 0 Å². The highest BCUT2D eigenvalue weighted by molar-refractivity contribution is 6.01. The number of pyridine rings is 1. The number of ketones is 1. The Balaban J connectivity index is 1.25. The van der Waals surface area contributed by atoms with Crippen LogP contribution in [-0.4, -0.2) is 37.4 Å². The Hall–Kier alpha value is -4.72. The lowest BCUT2D eigenvalue weighted by Gasteiger charge is -2.41. The summed E-state index contributed by atoms with van der Waals surface area (Å²) in [4.78, 5) is 35.5. The van der Waals surface area contributed by atoms with Crippen molar-refractivity contribution in [1.82, 2.24) is 24.4 Å². The normalized spacial score (nSPS) is 16.3. The molecule has 0 aliphatic heterocycles. The fourth-order valence-corrected chi connectivity index (χ4v) is 7.55. The number of hydrogen-bond donors (Lipinski definition) is 1. The maximum Gasteiger partial charge on any atom is 0.252 e. The first-order valence-electron chi connectivity index (χ1n) is 16.5. The maximum absolute atomic E-state index is 14.0. The topological polar surface area (TPSA) is 91.0 Å². The van der Waals surface area contributed by atoms with Gasteiger partial charge in [0.05, 0.1) is 34.6 Å². The minimum atomic E-state index is -0.566. The number of amides is 1. The third-order valence-corrected chi connectivity index (χ3v) is 9.97. The number of nitrogens with zero attached hydrogens (tertiary/aromatic N) is 4. The summed E-state index contributed by atoms with van der Waals surface area (Å²) >= 11 is 0. The number of aromatic nitrogens is 4. The molecule has 236 valence electrons. The van der Waals surface area contributed by atoms with E-state index in [1.807, 2.05) is 56.6 Å². The highest BCUT2D eigenvalue weighted by atomic mass is 16.5. The van der Waals surface area contributed by atoms with Gasteiger partial charge in [-0.05, 0) is 99.9 Å². The Morgan fingerprint density at radius 2 is 1.83 bits per heavy atom. The van der Waals surface area contributed by atoms with Crippen molar-refractivity contribution in [3.8, 4) is 17.1 Å². The molecular formula is C38H41N5O3. The van der Waals surface area contributed by atoms with E-state index in [9.17, 15) is 9.59 Å². The molecule has 0 spiro atoms. The summed E-state index contributed by atoms with van der Waals surface area (Å²) in [6.45, 7) is 3.98. The van der Waals surface area contributed by atoms with Crippen molar-refractivity contribution in [3.63, 3.8) is 0 Å². The van der Waals surface area contributed by atoms with E-state index < -0.39 is 5.54 Å². The molecule has 0 radical (unpaired) electrons. The molecular weight excluding hydrogens is 574 g/mol. The summed E-state index contributed by atoms with van der Waals surface area (Å²) in [5, 5.41) is 4.63. The molecule has 0 bridgehead atoms. The van der Waals surface area contributed by atoms with Crippen molar-refractivity contribution >= 4 is 39.7 Å². The first kappa shape index (κ1) is 30.0. The number of aryl methyl sites for hydroxylation is 2. The van der Waals surface area contributed by atoms with E-state index >= 15 is 0 Å². The zero-order valence-electron chi connectivity index (χ0n) is 27.1. The Bertz CT molecular complexity index is 1990. The van der Waals surface area contributed by atoms with Crippen LogP contribution in [0, 0.1) is 0 Å². The number of ether oxygens (including phenoxy) is 1. The van der Waals surface area contributed by atoms with Gasteiger partial charge in [0.25, 0.3) is 5.91 Å². The van der Waals surface area contributed by atoms with Crippen molar-refractivity contribution in [2.45, 2.75) is 70.3 Å². The number of carbonyl (C=O) groups excluding carboxylic acids is 2. The van der Waals surface area contributed by atoms with Crippen molar-refractivity contribution < 1.29 is 14.3 Å². The van der Waals surface area contributed by atoms with Crippen molar-refractivity contribution in [2.75, 3.05) is 6.61 Å². The van der Waals surface area contributed by atoms with E-state index in [0.717, 1.165) is 58.6 Å². The standard InChI is InChI=1S/C38H41N5O3/c1-5-46-33-23-32-30(21-26(33)15-14-24(2)44)40-37(43(32)4)38(18-10-19-38)41-36(45)27-16-17-28-31(22-27)42(3)35(29-13-8-9-20-39-29)34(28)25-11-6-7-12-25/h8-9,13-17,20-23,25H,5-7,10-12,18-19H2,1-4H3,(H,41,45)/b15-14+. The lowest BCUT2D eigenvalue weighted by Crippen LogP contribution is -2.52. The summed E-state index contributed by atoms with van der Waals surface area (Å²) in [7, 11) is 4.09. The molecule has 3 aromatic heterocycles. The molecule has 7 rings (SSSR count). The fourth-order valence-electron chi connectivity index (χ4n) is 7.55. The molecule has 0 saturated heterocycles. The van der Waals surface area contributed by atoms with Gasteiger partial charge in [-0.25, -0.2) is 4.98 Å². The third-order valence-electron chi connectivity index (χ3n) is 9.97. The molecule has 0 atom stereocenters. The number of hydrogen-bond acceptors (Lipinski definition) is 5. The predicted octanol–water partition coefficient (Wildman–Crippen LogP) is 7.59. The molecule has 2 fully saturated rings. The van der Waals surface area contributed by atoms with Gasteiger partial charge in [-0.1, -0.05) is 25.0 Å². The maximum atomic E-state index is 14.0. The van der Waals surface area contributed by atoms with Crippen LogP contribution >= 0.6 is 0 Å². The van der Waals surface area contributed by atoms with Crippen molar-refractivity contribution in [3.05, 3.63) is 83.3 Å². The smallest absolute Gasteiger partial charge is 0.252 e. The minimum absolute atomic E-state index is 0.0309. The fraction of sp³-hybridized carbons (Fsp3) is 0.368. The minimum Gasteiger partial charge on any atom is -0.493 e. The molecule has 1 N–H and O–H groups in total. The highest BCUT2D eigenvalue weighted by Crippen LogP contribution is 2.45. The Morgan fingerprint density at radius 3 is 2.50 bits per heavy atom. The monoisotopic (exact) mass is 615 g/mol. The van der Waals surface area contributed by atoms with Gasteiger partial charge in [-0.3, -0.25) is 14.6 Å². The number of fused-ring (bicyclic) bond motifs is 2. The zero-order chi connectivity index (χ0) is 32.0. The molecule has 2 aliphatic carbocycles. The van der Waals surface area contributed by atoms with Crippen LogP contribution in [0.5, 0.6) is 5.75 Å². The van der Waals surface area contributed by atoms with E-state index in [2.05, 4.69) is 33.6 Å². The molecule has 2 aromatic carbocycles. The van der Waals surface area contributed by atoms with Crippen LogP contribution < -0.4 is 10.1 Å². The molecule has 3 heterocycles. The van der Waals surface area contributed by atoms with Crippen LogP contribution in [0.3, 0.4) is 0 Å². The average Bonchev–Trinajstić information content (AvgIpc) is 3.75. The lowest BCUT2D eigenvalue weighted by atomic mass is 9.75. The summed E-state index contributed by atoms with van der Waals surface area (Å²) in [6, 6.07) is 16.2. The number of rotatable bonds is 9. The Kier molecular flexibility index (Phi) is 7.75. The van der Waals surface area contributed by atoms with E-state index in [1.165, 1.54) is 43.6 Å². The second-order valence-electron chi connectivity index (χ2n) is 12.9. The van der Waals surface area contributed by atoms with Gasteiger partial charge in [0.15, 0.2) is 5.78 Å². The number of imidazole rings is 1. The molecule has 8 nitrogen and oxygen atoms in total. The van der Waals surface area contributed by atoms with Gasteiger partial charge >= 0.3 is 0 Å². The van der Waals surface area contributed by atoms with E-state index in [0.29, 0.717) is 23.8 Å². The van der Waals surface area contributed by atoms with E-state index in [-0.39, 0.29) is 11.7 Å². The number of carbonyl (C=O) groups is 2. The molecule has 5 aromatic rings. The van der Waals surface area contributed by atoms with Crippen LogP contribution in [0.2, 0.25) is 0 Å². The molecule has 2 aliphatic rings. The Morgan fingerprint density at radius 1 is 1.02 bits per heavy atom. The van der Waals surface area contributed by atoms with E-state index in [4.69, 9.17) is 14.7 Å². The highest BCUT2D eigenvalue weighted by Gasteiger charge is 2.44. The van der Waals surface area contributed by atoms with Crippen molar-refractivity contribution in [2.24, 2.45) is 14.1 Å². The lowest BCUT2D eigenvalue weighted by molar-refractivity contribution is -0.112. The quantitative estimate of drug-likeness (QED) is 0.173. The molecule has 46 heavy (non-hydrogen) atoms. The predicted molar refractivity (Wildman–Crippen MR) is 182 cm³/mol. The molecule has 2 saturated carbocycles. The van der Waals surface area contributed by atoms with Crippen LogP contribution in [0.25, 0.3) is 39.4 Å². The van der Waals surface area contributed by atoms with Crippen LogP contribution in [0.15, 0.2) is 60.8 Å². The largest absolute Gasteiger partial charge is 0.493 e. The number of nitrogens with one attached hydrogen (secondary N) is 1. The third kappa shape index (κ3) is 5.10. The van der Waals surface area contributed by atoms with Gasteiger partial charge in [0, 0.05) is 48.4 Å². The Labute approximate surface area is 269 Å². The summed E-state index contributed by atoms with van der Waals surface area (Å²) < 4.78 is 10.2. The van der Waals surface area contributed by atoms with Crippen LogP contribution in [0.4, 0.5) is 0 Å². The number of allylic oxidation sites excluding steroid dienone is 1. The first-order valence-corrected chi connectivity index (χ1v) is 16.5. The van der Waals surface area contributed by atoms with Crippen molar-refractivity contribution in [1.29, 1.82) is 0 Å². The molecule has 0 unspecified atom stereocenters. The molecule has 1 amide bonds. The van der Waals surface area contributed by atoms with Gasteiger partial charge in [-0.15, -0.1) is 0 Å². The summed E-state index contributed by atoms with van der Waals surface area (Å²) in [6.07, 6.45) is 12.7. The summed E-state index contributed by atoms with van der Waals surface area (Å²) in [5.74, 6) is 1.90. The SMILES string of the molecule is CCOc1cc2c(cc1/C=C/C(C)=O)nc(C1(NC(=O)c3ccc4c(C5CCCC5)c(-c5ccccn5)n(C)c4c3)CCC1)n2C. The van der Waals surface area contributed by atoms with E-state index in [1.54, 1.807) is 12.2 Å². The van der Waals surface area contributed by atoms with Crippen LogP contribution in [-0.2, 0) is 24.4 Å². The van der Waals surface area contributed by atoms with Gasteiger partial charge in [0.1, 0.15) is 11.6 Å². The van der Waals surface area contributed by atoms with Gasteiger partial charge in [-0.2, -0.15) is 0 Å². The first-order chi connectivity index (χ1) is 22.3. The second kappa shape index (κ2) is 11.9. The second-order valence-corrected chi connectivity index (χ2v) is 12.9. The zero-order valence-corrected chi connectivity index (χ0v) is 27.1. The van der Waals surface area contributed by atoms with Gasteiger partial charge < -0.3 is 19.2 Å². The average molecular weight is 616 g/mol.